The third kappa shape index (κ3) is 4.45. The fourth-order valence-corrected chi connectivity index (χ4v) is 3.06. The van der Waals surface area contributed by atoms with E-state index in [0.717, 1.165) is 25.9 Å². The van der Waals surface area contributed by atoms with E-state index in [0.29, 0.717) is 25.0 Å². The van der Waals surface area contributed by atoms with Crippen molar-refractivity contribution in [2.75, 3.05) is 32.8 Å². The standard InChI is InChI=1S/C16H28N2O3/c1-16(2,3)21-15(20)18-10-8-17(9-11-18)14-7-5-4-6-13(14)12-19/h4-5,13-14,19H,6-12H2,1-3H3. The fraction of sp³-hybridized carbons (Fsp3) is 0.812. The minimum atomic E-state index is -0.440. The first-order valence-corrected chi connectivity index (χ1v) is 7.88. The number of aliphatic hydroxyl groups excluding tert-OH is 1. The van der Waals surface area contributed by atoms with Crippen LogP contribution in [0.5, 0.6) is 0 Å². The summed E-state index contributed by atoms with van der Waals surface area (Å²) < 4.78 is 5.42. The molecular weight excluding hydrogens is 268 g/mol. The van der Waals surface area contributed by atoms with Crippen LogP contribution >= 0.6 is 0 Å². The van der Waals surface area contributed by atoms with Gasteiger partial charge in [0.2, 0.25) is 0 Å². The van der Waals surface area contributed by atoms with Gasteiger partial charge in [0, 0.05) is 44.7 Å². The zero-order valence-corrected chi connectivity index (χ0v) is 13.4. The Labute approximate surface area is 127 Å². The molecule has 1 aliphatic heterocycles. The first kappa shape index (κ1) is 16.3. The van der Waals surface area contributed by atoms with E-state index in [2.05, 4.69) is 17.1 Å². The molecule has 0 saturated carbocycles. The number of carbonyl (C=O) groups is 1. The van der Waals surface area contributed by atoms with Crippen LogP contribution in [0, 0.1) is 5.92 Å². The largest absolute Gasteiger partial charge is 0.444 e. The highest BCUT2D eigenvalue weighted by Gasteiger charge is 2.32. The summed E-state index contributed by atoms with van der Waals surface area (Å²) in [6, 6.07) is 0.404. The van der Waals surface area contributed by atoms with E-state index in [1.807, 2.05) is 20.8 Å². The molecule has 1 N–H and O–H groups in total. The Morgan fingerprint density at radius 1 is 1.19 bits per heavy atom. The van der Waals surface area contributed by atoms with E-state index in [1.54, 1.807) is 4.90 Å². The lowest BCUT2D eigenvalue weighted by atomic mass is 9.88. The van der Waals surface area contributed by atoms with Crippen LogP contribution in [0.25, 0.3) is 0 Å². The zero-order valence-electron chi connectivity index (χ0n) is 13.4. The van der Waals surface area contributed by atoms with Crippen LogP contribution in [0.4, 0.5) is 4.79 Å². The molecule has 5 heteroatoms. The van der Waals surface area contributed by atoms with Crippen LogP contribution in [-0.4, -0.2) is 65.4 Å². The molecule has 2 aliphatic rings. The Morgan fingerprint density at radius 2 is 1.81 bits per heavy atom. The molecule has 0 aromatic heterocycles. The number of hydrogen-bond donors (Lipinski definition) is 1. The van der Waals surface area contributed by atoms with E-state index >= 15 is 0 Å². The third-order valence-electron chi connectivity index (χ3n) is 4.20. The second-order valence-corrected chi connectivity index (χ2v) is 6.96. The third-order valence-corrected chi connectivity index (χ3v) is 4.20. The quantitative estimate of drug-likeness (QED) is 0.790. The van der Waals surface area contributed by atoms with Crippen LogP contribution in [0.1, 0.15) is 33.6 Å². The van der Waals surface area contributed by atoms with Gasteiger partial charge in [-0.1, -0.05) is 12.2 Å². The first-order valence-electron chi connectivity index (χ1n) is 7.88. The average molecular weight is 296 g/mol. The molecule has 2 atom stereocenters. The highest BCUT2D eigenvalue weighted by molar-refractivity contribution is 5.68. The summed E-state index contributed by atoms with van der Waals surface area (Å²) in [5.41, 5.74) is -0.440. The average Bonchev–Trinajstić information content (AvgIpc) is 2.45. The number of allylic oxidation sites excluding steroid dienone is 1. The monoisotopic (exact) mass is 296 g/mol. The lowest BCUT2D eigenvalue weighted by Gasteiger charge is -2.42. The van der Waals surface area contributed by atoms with Gasteiger partial charge in [-0.3, -0.25) is 4.90 Å². The van der Waals surface area contributed by atoms with E-state index < -0.39 is 5.60 Å². The highest BCUT2D eigenvalue weighted by atomic mass is 16.6. The number of nitrogens with zero attached hydrogens (tertiary/aromatic N) is 2. The van der Waals surface area contributed by atoms with Crippen LogP contribution in [0.15, 0.2) is 12.2 Å². The number of piperazine rings is 1. The maximum Gasteiger partial charge on any atom is 0.410 e. The van der Waals surface area contributed by atoms with E-state index in [9.17, 15) is 9.90 Å². The summed E-state index contributed by atoms with van der Waals surface area (Å²) in [4.78, 5) is 16.2. The Morgan fingerprint density at radius 3 is 2.38 bits per heavy atom. The molecule has 0 aromatic carbocycles. The van der Waals surface area contributed by atoms with E-state index in [1.165, 1.54) is 0 Å². The molecule has 0 spiro atoms. The van der Waals surface area contributed by atoms with Crippen molar-refractivity contribution in [3.8, 4) is 0 Å². The minimum Gasteiger partial charge on any atom is -0.444 e. The number of ether oxygens (including phenoxy) is 1. The summed E-state index contributed by atoms with van der Waals surface area (Å²) in [6.07, 6.45) is 6.10. The van der Waals surface area contributed by atoms with Crippen molar-refractivity contribution in [2.45, 2.75) is 45.3 Å². The summed E-state index contributed by atoms with van der Waals surface area (Å²) in [5, 5.41) is 9.51. The van der Waals surface area contributed by atoms with Gasteiger partial charge in [0.15, 0.2) is 0 Å². The Bertz CT molecular complexity index is 381. The molecule has 21 heavy (non-hydrogen) atoms. The molecule has 2 unspecified atom stereocenters. The van der Waals surface area contributed by atoms with Gasteiger partial charge in [-0.2, -0.15) is 0 Å². The van der Waals surface area contributed by atoms with Gasteiger partial charge in [-0.25, -0.2) is 4.79 Å². The second-order valence-electron chi connectivity index (χ2n) is 6.96. The molecule has 0 aromatic rings. The van der Waals surface area contributed by atoms with Crippen molar-refractivity contribution in [1.82, 2.24) is 9.80 Å². The second kappa shape index (κ2) is 6.79. The van der Waals surface area contributed by atoms with Crippen LogP contribution < -0.4 is 0 Å². The van der Waals surface area contributed by atoms with Gasteiger partial charge in [-0.05, 0) is 33.6 Å². The minimum absolute atomic E-state index is 0.218. The van der Waals surface area contributed by atoms with Gasteiger partial charge in [0.25, 0.3) is 0 Å². The van der Waals surface area contributed by atoms with Crippen LogP contribution in [0.2, 0.25) is 0 Å². The summed E-state index contributed by atoms with van der Waals surface area (Å²) >= 11 is 0. The zero-order chi connectivity index (χ0) is 15.5. The predicted molar refractivity (Wildman–Crippen MR) is 82.1 cm³/mol. The van der Waals surface area contributed by atoms with Gasteiger partial charge in [0.1, 0.15) is 5.60 Å². The van der Waals surface area contributed by atoms with Crippen molar-refractivity contribution < 1.29 is 14.6 Å². The SMILES string of the molecule is CC(C)(C)OC(=O)N1CCN(C2CC=CCC2CO)CC1. The van der Waals surface area contributed by atoms with Crippen molar-refractivity contribution in [1.29, 1.82) is 0 Å². The summed E-state index contributed by atoms with van der Waals surface area (Å²) in [6.45, 7) is 9.02. The molecule has 5 nitrogen and oxygen atoms in total. The van der Waals surface area contributed by atoms with E-state index in [4.69, 9.17) is 4.74 Å². The molecule has 0 bridgehead atoms. The number of carbonyl (C=O) groups excluding carboxylic acids is 1. The molecule has 1 saturated heterocycles. The van der Waals surface area contributed by atoms with E-state index in [-0.39, 0.29) is 12.7 Å². The number of amides is 1. The summed E-state index contributed by atoms with van der Waals surface area (Å²) in [5.74, 6) is 0.322. The highest BCUT2D eigenvalue weighted by Crippen LogP contribution is 2.25. The van der Waals surface area contributed by atoms with Crippen LogP contribution in [0.3, 0.4) is 0 Å². The maximum atomic E-state index is 12.1. The van der Waals surface area contributed by atoms with Gasteiger partial charge >= 0.3 is 6.09 Å². The molecule has 0 radical (unpaired) electrons. The number of aliphatic hydroxyl groups is 1. The van der Waals surface area contributed by atoms with Gasteiger partial charge in [-0.15, -0.1) is 0 Å². The molecule has 1 heterocycles. The molecule has 2 rings (SSSR count). The van der Waals surface area contributed by atoms with Crippen molar-refractivity contribution >= 4 is 6.09 Å². The first-order chi connectivity index (χ1) is 9.90. The van der Waals surface area contributed by atoms with Crippen LogP contribution in [-0.2, 0) is 4.74 Å². The number of rotatable bonds is 2. The van der Waals surface area contributed by atoms with Crippen molar-refractivity contribution in [2.24, 2.45) is 5.92 Å². The molecular formula is C16H28N2O3. The molecule has 120 valence electrons. The maximum absolute atomic E-state index is 12.1. The smallest absolute Gasteiger partial charge is 0.410 e. The molecule has 1 amide bonds. The fourth-order valence-electron chi connectivity index (χ4n) is 3.06. The Kier molecular flexibility index (Phi) is 5.27. The predicted octanol–water partition coefficient (Wildman–Crippen LogP) is 1.87. The van der Waals surface area contributed by atoms with Crippen molar-refractivity contribution in [3.05, 3.63) is 12.2 Å². The summed E-state index contributed by atoms with van der Waals surface area (Å²) in [7, 11) is 0. The lowest BCUT2D eigenvalue weighted by molar-refractivity contribution is 0.00332. The number of hydrogen-bond acceptors (Lipinski definition) is 4. The normalized spacial score (nSPS) is 27.7. The lowest BCUT2D eigenvalue weighted by Crippen LogP contribution is -2.55. The molecule has 1 aliphatic carbocycles. The van der Waals surface area contributed by atoms with Gasteiger partial charge < -0.3 is 14.7 Å². The van der Waals surface area contributed by atoms with Crippen molar-refractivity contribution in [3.63, 3.8) is 0 Å². The van der Waals surface area contributed by atoms with Gasteiger partial charge in [0.05, 0.1) is 0 Å². The molecule has 1 fully saturated rings. The Balaban J connectivity index is 1.85. The Hall–Kier alpha value is -1.07. The topological polar surface area (TPSA) is 53.0 Å².